The van der Waals surface area contributed by atoms with Crippen molar-refractivity contribution in [1.82, 2.24) is 0 Å². The summed E-state index contributed by atoms with van der Waals surface area (Å²) in [6.07, 6.45) is 39.6. The predicted octanol–water partition coefficient (Wildman–Crippen LogP) is 13.8. The third-order valence-corrected chi connectivity index (χ3v) is 16.0. The Balaban J connectivity index is -0.000000115. The van der Waals surface area contributed by atoms with Gasteiger partial charge in [0.2, 0.25) is 0 Å². The molecular formula is C38H81O2P3Ru. The number of hydrogen-bond donors (Lipinski definition) is 0. The molecule has 0 aromatic carbocycles. The van der Waals surface area contributed by atoms with Gasteiger partial charge < -0.3 is 0 Å². The fourth-order valence-electron chi connectivity index (χ4n) is 4.44. The average Bonchev–Trinajstić information content (AvgIpc) is 3.06. The van der Waals surface area contributed by atoms with E-state index in [4.69, 9.17) is 9.59 Å². The van der Waals surface area contributed by atoms with Crippen LogP contribution < -0.4 is 0 Å². The largest absolute Gasteiger partial charge is 0.281 e. The number of unbranched alkanes of at least 4 members (excludes halogenated alkanes) is 9. The molecule has 0 amide bonds. The fraction of sp³-hybridized carbons (Fsp3) is 0.947. The summed E-state index contributed by atoms with van der Waals surface area (Å²) in [5.41, 5.74) is 0. The molecule has 0 fully saturated rings. The Morgan fingerprint density at radius 2 is 0.364 bits per heavy atom. The van der Waals surface area contributed by atoms with Gasteiger partial charge in [0, 0.05) is 19.5 Å². The quantitative estimate of drug-likeness (QED) is 0.0617. The average molecular weight is 764 g/mol. The minimum absolute atomic E-state index is 0. The van der Waals surface area contributed by atoms with Gasteiger partial charge in [-0.25, -0.2) is 0 Å². The van der Waals surface area contributed by atoms with E-state index in [9.17, 15) is 0 Å². The Bertz CT molecular complexity index is 317. The van der Waals surface area contributed by atoms with Gasteiger partial charge in [0.15, 0.2) is 0 Å². The molecule has 0 saturated carbocycles. The van der Waals surface area contributed by atoms with Crippen LogP contribution in [0.1, 0.15) is 178 Å². The van der Waals surface area contributed by atoms with Crippen LogP contribution in [0.5, 0.6) is 0 Å². The van der Waals surface area contributed by atoms with Gasteiger partial charge >= 0.3 is 0 Å². The van der Waals surface area contributed by atoms with Crippen molar-refractivity contribution in [3.8, 4) is 0 Å². The summed E-state index contributed by atoms with van der Waals surface area (Å²) in [5, 5.41) is 0. The van der Waals surface area contributed by atoms with Crippen molar-refractivity contribution < 1.29 is 29.1 Å². The van der Waals surface area contributed by atoms with E-state index in [1.807, 2.05) is 0 Å². The maximum absolute atomic E-state index is 7.50. The summed E-state index contributed by atoms with van der Waals surface area (Å²) in [5.74, 6) is 0. The molecule has 0 unspecified atom stereocenters. The molecule has 44 heavy (non-hydrogen) atoms. The van der Waals surface area contributed by atoms with E-state index in [2.05, 4.69) is 75.9 Å². The maximum atomic E-state index is 7.50. The van der Waals surface area contributed by atoms with Crippen molar-refractivity contribution in [2.24, 2.45) is 0 Å². The summed E-state index contributed by atoms with van der Waals surface area (Å²) in [4.78, 5) is 15.0. The molecule has 0 N–H and O–H groups in total. The van der Waals surface area contributed by atoms with Crippen LogP contribution in [-0.2, 0) is 29.1 Å². The first-order chi connectivity index (χ1) is 21.0. The molecular weight excluding hydrogens is 682 g/mol. The Kier molecular flexibility index (Phi) is 78.0. The van der Waals surface area contributed by atoms with Gasteiger partial charge in [0.05, 0.1) is 0 Å². The van der Waals surface area contributed by atoms with Gasteiger partial charge in [-0.2, -0.15) is 0 Å². The van der Waals surface area contributed by atoms with Crippen LogP contribution in [0.3, 0.4) is 0 Å². The van der Waals surface area contributed by atoms with E-state index < -0.39 is 0 Å². The second kappa shape index (κ2) is 59.7. The van der Waals surface area contributed by atoms with Crippen molar-refractivity contribution >= 4 is 37.3 Å². The van der Waals surface area contributed by atoms with Gasteiger partial charge in [0.1, 0.15) is 0 Å². The second-order valence-corrected chi connectivity index (χ2v) is 19.8. The zero-order valence-corrected chi connectivity index (χ0v) is 36.0. The first-order valence-corrected chi connectivity index (χ1v) is 24.3. The SMILES string of the molecule is CCCCP(CCCC)CCCC.CCCCP(CCCC)CCCC.CCCCP(CCCC)CCCC.[C]=O.[C]=O.[Ru]. The molecule has 268 valence electrons. The Labute approximate surface area is 298 Å². The Morgan fingerprint density at radius 3 is 0.432 bits per heavy atom. The van der Waals surface area contributed by atoms with E-state index >= 15 is 0 Å². The van der Waals surface area contributed by atoms with Crippen LogP contribution >= 0.6 is 23.8 Å². The first kappa shape index (κ1) is 57.5. The van der Waals surface area contributed by atoms with Crippen molar-refractivity contribution in [2.45, 2.75) is 178 Å². The van der Waals surface area contributed by atoms with Gasteiger partial charge in [-0.1, -0.05) is 120 Å². The zero-order valence-electron chi connectivity index (χ0n) is 31.6. The van der Waals surface area contributed by atoms with Crippen LogP contribution in [0, 0.1) is 0 Å². The predicted molar refractivity (Wildman–Crippen MR) is 210 cm³/mol. The monoisotopic (exact) mass is 764 g/mol. The molecule has 0 rings (SSSR count). The van der Waals surface area contributed by atoms with Crippen molar-refractivity contribution in [2.75, 3.05) is 55.5 Å². The molecule has 0 aromatic heterocycles. The van der Waals surface area contributed by atoms with E-state index in [0.29, 0.717) is 23.8 Å². The number of rotatable bonds is 27. The van der Waals surface area contributed by atoms with Crippen LogP contribution in [0.4, 0.5) is 0 Å². The van der Waals surface area contributed by atoms with E-state index in [-0.39, 0.29) is 19.5 Å². The van der Waals surface area contributed by atoms with Gasteiger partial charge in [0.25, 0.3) is 13.6 Å². The topological polar surface area (TPSA) is 34.1 Å². The van der Waals surface area contributed by atoms with Crippen LogP contribution in [0.25, 0.3) is 0 Å². The molecule has 0 heterocycles. The molecule has 0 aliphatic rings. The van der Waals surface area contributed by atoms with Crippen molar-refractivity contribution in [3.63, 3.8) is 0 Å². The number of carbonyl (C=O) groups excluding carboxylic acids is 2. The minimum Gasteiger partial charge on any atom is -0.281 e. The summed E-state index contributed by atoms with van der Waals surface area (Å²) < 4.78 is 0. The third kappa shape index (κ3) is 55.6. The first-order valence-electron chi connectivity index (χ1n) is 18.6. The molecule has 0 spiro atoms. The van der Waals surface area contributed by atoms with Crippen molar-refractivity contribution in [1.29, 1.82) is 0 Å². The van der Waals surface area contributed by atoms with Crippen LogP contribution in [-0.4, -0.2) is 69.0 Å². The molecule has 0 saturated heterocycles. The van der Waals surface area contributed by atoms with Crippen LogP contribution in [0.2, 0.25) is 0 Å². The zero-order chi connectivity index (χ0) is 33.8. The summed E-state index contributed by atoms with van der Waals surface area (Å²) in [6, 6.07) is 0. The van der Waals surface area contributed by atoms with Gasteiger partial charge in [-0.15, -0.1) is 23.8 Å². The van der Waals surface area contributed by atoms with Gasteiger partial charge in [-0.3, -0.25) is 9.59 Å². The normalized spacial score (nSPS) is 10.0. The molecule has 6 heteroatoms. The molecule has 0 aliphatic heterocycles. The van der Waals surface area contributed by atoms with E-state index in [1.165, 1.54) is 116 Å². The fourth-order valence-corrected chi connectivity index (χ4v) is 13.3. The Morgan fingerprint density at radius 1 is 0.273 bits per heavy atom. The summed E-state index contributed by atoms with van der Waals surface area (Å²) >= 11 is 0. The second-order valence-electron chi connectivity index (χ2n) is 11.7. The molecule has 0 atom stereocenters. The minimum atomic E-state index is 0. The molecule has 4 radical (unpaired) electrons. The van der Waals surface area contributed by atoms with Gasteiger partial charge in [-0.05, 0) is 113 Å². The molecule has 0 aromatic rings. The third-order valence-electron chi connectivity index (χ3n) is 7.45. The summed E-state index contributed by atoms with van der Waals surface area (Å²) in [6.45, 7) is 29.8. The Hall–Kier alpha value is 1.25. The molecule has 2 nitrogen and oxygen atoms in total. The van der Waals surface area contributed by atoms with E-state index in [0.717, 1.165) is 0 Å². The van der Waals surface area contributed by atoms with E-state index in [1.54, 1.807) is 55.5 Å². The standard InChI is InChI=1S/3C12H27P.2CO.Ru/c3*1-4-7-10-13(11-8-5-2)12-9-6-3;2*1-2;/h3*4-12H2,1-3H3;;;. The smallest absolute Gasteiger partial charge is 0.281 e. The maximum Gasteiger partial charge on any atom is 0.281 e. The summed E-state index contributed by atoms with van der Waals surface area (Å²) in [7, 11) is 1.27. The van der Waals surface area contributed by atoms with Crippen molar-refractivity contribution in [3.05, 3.63) is 0 Å². The number of hydrogen-bond acceptors (Lipinski definition) is 2. The molecule has 0 bridgehead atoms. The van der Waals surface area contributed by atoms with Crippen LogP contribution in [0.15, 0.2) is 0 Å². The molecule has 0 aliphatic carbocycles.